The smallest absolute Gasteiger partial charge is 0.293 e. The van der Waals surface area contributed by atoms with Crippen LogP contribution < -0.4 is 10.2 Å². The molecular formula is C29H32N8O5. The molecule has 5 rings (SSSR count). The van der Waals surface area contributed by atoms with E-state index in [4.69, 9.17) is 10.00 Å². The maximum Gasteiger partial charge on any atom is 0.293 e. The van der Waals surface area contributed by atoms with Gasteiger partial charge >= 0.3 is 0 Å². The van der Waals surface area contributed by atoms with Gasteiger partial charge < -0.3 is 24.8 Å². The number of aliphatic imine (C=N–C) groups is 1. The first-order valence-electron chi connectivity index (χ1n) is 13.8. The average Bonchev–Trinajstić information content (AvgIpc) is 3.05. The summed E-state index contributed by atoms with van der Waals surface area (Å²) < 4.78 is 5.30. The number of nitrogens with one attached hydrogen (secondary N) is 1. The molecule has 0 aliphatic carbocycles. The molecule has 13 heteroatoms. The number of nitro benzene ring substituents is 1. The summed E-state index contributed by atoms with van der Waals surface area (Å²) >= 11 is 0. The van der Waals surface area contributed by atoms with Crippen LogP contribution in [0.25, 0.3) is 0 Å². The number of benzene rings is 2. The molecule has 218 valence electrons. The lowest BCUT2D eigenvalue weighted by Gasteiger charge is -2.42. The highest BCUT2D eigenvalue weighted by Crippen LogP contribution is 2.31. The summed E-state index contributed by atoms with van der Waals surface area (Å²) in [5.74, 6) is -0.442. The van der Waals surface area contributed by atoms with Gasteiger partial charge in [-0.25, -0.2) is 0 Å². The first-order chi connectivity index (χ1) is 20.4. The average molecular weight is 573 g/mol. The van der Waals surface area contributed by atoms with E-state index in [-0.39, 0.29) is 23.8 Å². The van der Waals surface area contributed by atoms with Crippen LogP contribution >= 0.6 is 0 Å². The second kappa shape index (κ2) is 13.2. The van der Waals surface area contributed by atoms with Gasteiger partial charge in [0.15, 0.2) is 6.29 Å². The number of piperazine rings is 1. The molecule has 3 aliphatic heterocycles. The fraction of sp³-hybridized carbons (Fsp3) is 0.379. The van der Waals surface area contributed by atoms with E-state index in [2.05, 4.69) is 15.2 Å². The molecule has 2 aromatic rings. The number of ether oxygens (including phenoxy) is 1. The molecule has 2 amide bonds. The van der Waals surface area contributed by atoms with Gasteiger partial charge in [-0.2, -0.15) is 5.26 Å². The number of carbonyl (C=O) groups is 2. The number of nitriles is 1. The van der Waals surface area contributed by atoms with Crippen LogP contribution in [0.4, 0.5) is 11.4 Å². The van der Waals surface area contributed by atoms with E-state index in [9.17, 15) is 19.7 Å². The number of rotatable bonds is 8. The third-order valence-electron chi connectivity index (χ3n) is 7.51. The first kappa shape index (κ1) is 28.7. The lowest BCUT2D eigenvalue weighted by Crippen LogP contribution is -2.55. The third kappa shape index (κ3) is 6.56. The molecule has 3 aliphatic rings. The summed E-state index contributed by atoms with van der Waals surface area (Å²) in [6.45, 7) is 5.13. The fourth-order valence-electron chi connectivity index (χ4n) is 5.24. The zero-order chi connectivity index (χ0) is 29.5. The van der Waals surface area contributed by atoms with E-state index in [0.29, 0.717) is 87.9 Å². The highest BCUT2D eigenvalue weighted by molar-refractivity contribution is 5.96. The summed E-state index contributed by atoms with van der Waals surface area (Å²) in [7, 11) is 0. The first-order valence-corrected chi connectivity index (χ1v) is 13.8. The Kier molecular flexibility index (Phi) is 9.05. The lowest BCUT2D eigenvalue weighted by molar-refractivity contribution is -0.384. The Morgan fingerprint density at radius 3 is 2.45 bits per heavy atom. The van der Waals surface area contributed by atoms with Crippen LogP contribution in [-0.4, -0.2) is 110 Å². The molecular weight excluding hydrogens is 540 g/mol. The van der Waals surface area contributed by atoms with Crippen molar-refractivity contribution in [2.45, 2.75) is 6.29 Å². The van der Waals surface area contributed by atoms with Crippen LogP contribution in [0.3, 0.4) is 0 Å². The van der Waals surface area contributed by atoms with Crippen LogP contribution in [0.1, 0.15) is 26.3 Å². The van der Waals surface area contributed by atoms with E-state index in [1.807, 2.05) is 28.1 Å². The summed E-state index contributed by atoms with van der Waals surface area (Å²) in [6, 6.07) is 13.2. The minimum Gasteiger partial charge on any atom is -0.378 e. The van der Waals surface area contributed by atoms with E-state index >= 15 is 0 Å². The summed E-state index contributed by atoms with van der Waals surface area (Å²) in [4.78, 5) is 49.5. The summed E-state index contributed by atoms with van der Waals surface area (Å²) in [5, 5.41) is 23.8. The SMILES string of the molecule is N#Cc1ccc(C(=O)NCCN2C=CC=NC2N2CCN(c3ccc(C(=O)N4CCOCC4)cc3[N+](=O)[O-])CC2)cc1. The highest BCUT2D eigenvalue weighted by atomic mass is 16.6. The topological polar surface area (TPSA) is 148 Å². The minimum absolute atomic E-state index is 0.0826. The molecule has 42 heavy (non-hydrogen) atoms. The van der Waals surface area contributed by atoms with Gasteiger partial charge in [0.1, 0.15) is 5.69 Å². The predicted molar refractivity (Wildman–Crippen MR) is 155 cm³/mol. The van der Waals surface area contributed by atoms with E-state index in [1.54, 1.807) is 47.5 Å². The second-order valence-corrected chi connectivity index (χ2v) is 10.1. The van der Waals surface area contributed by atoms with Gasteiger partial charge in [-0.05, 0) is 42.5 Å². The van der Waals surface area contributed by atoms with Crippen molar-refractivity contribution in [1.29, 1.82) is 5.26 Å². The van der Waals surface area contributed by atoms with Crippen LogP contribution in [0, 0.1) is 21.4 Å². The molecule has 0 saturated carbocycles. The molecule has 0 radical (unpaired) electrons. The molecule has 2 saturated heterocycles. The normalized spacial score (nSPS) is 18.9. The third-order valence-corrected chi connectivity index (χ3v) is 7.51. The van der Waals surface area contributed by atoms with Crippen molar-refractivity contribution in [3.05, 3.63) is 81.5 Å². The fourth-order valence-corrected chi connectivity index (χ4v) is 5.24. The molecule has 1 N–H and O–H groups in total. The lowest BCUT2D eigenvalue weighted by atomic mass is 10.1. The largest absolute Gasteiger partial charge is 0.378 e. The molecule has 13 nitrogen and oxygen atoms in total. The standard InChI is InChI=1S/C29H32N8O5/c30-21-22-2-4-23(5-3-22)27(38)31-9-11-35-10-1-8-32-29(35)36-14-12-33(13-15-36)25-7-6-24(20-26(25)37(40)41)28(39)34-16-18-42-19-17-34/h1-8,10,20,29H,9,11-19H2,(H,31,38). The monoisotopic (exact) mass is 572 g/mol. The second-order valence-electron chi connectivity index (χ2n) is 10.1. The Morgan fingerprint density at radius 2 is 1.76 bits per heavy atom. The molecule has 2 aromatic carbocycles. The van der Waals surface area contributed by atoms with Crippen molar-refractivity contribution in [1.82, 2.24) is 20.0 Å². The van der Waals surface area contributed by atoms with Crippen molar-refractivity contribution in [2.24, 2.45) is 4.99 Å². The van der Waals surface area contributed by atoms with Crippen LogP contribution in [0.2, 0.25) is 0 Å². The Balaban J connectivity index is 1.17. The van der Waals surface area contributed by atoms with Crippen LogP contribution in [-0.2, 0) is 4.74 Å². The van der Waals surface area contributed by atoms with Crippen molar-refractivity contribution in [3.63, 3.8) is 0 Å². The highest BCUT2D eigenvalue weighted by Gasteiger charge is 2.31. The number of allylic oxidation sites excluding steroid dienone is 1. The number of hydrogen-bond acceptors (Lipinski definition) is 10. The Morgan fingerprint density at radius 1 is 1.05 bits per heavy atom. The molecule has 0 spiro atoms. The zero-order valence-corrected chi connectivity index (χ0v) is 23.1. The van der Waals surface area contributed by atoms with Crippen molar-refractivity contribution in [2.75, 3.05) is 70.5 Å². The van der Waals surface area contributed by atoms with Crippen molar-refractivity contribution < 1.29 is 19.2 Å². The summed E-state index contributed by atoms with van der Waals surface area (Å²) in [5.41, 5.74) is 1.70. The molecule has 3 heterocycles. The predicted octanol–water partition coefficient (Wildman–Crippen LogP) is 1.67. The van der Waals surface area contributed by atoms with E-state index in [1.165, 1.54) is 6.07 Å². The van der Waals surface area contributed by atoms with E-state index in [0.717, 1.165) is 0 Å². The van der Waals surface area contributed by atoms with Gasteiger partial charge in [0.05, 0.1) is 29.8 Å². The molecule has 0 bridgehead atoms. The molecule has 1 atom stereocenters. The molecule has 1 unspecified atom stereocenters. The Hall–Kier alpha value is -4.80. The van der Waals surface area contributed by atoms with Gasteiger partial charge in [0, 0.05) is 82.0 Å². The number of anilines is 1. The van der Waals surface area contributed by atoms with Gasteiger partial charge in [-0.3, -0.25) is 29.6 Å². The van der Waals surface area contributed by atoms with Gasteiger partial charge in [0.25, 0.3) is 17.5 Å². The van der Waals surface area contributed by atoms with Crippen LogP contribution in [0.5, 0.6) is 0 Å². The number of nitrogens with zero attached hydrogens (tertiary/aromatic N) is 7. The van der Waals surface area contributed by atoms with E-state index < -0.39 is 4.92 Å². The molecule has 0 aromatic heterocycles. The zero-order valence-electron chi connectivity index (χ0n) is 23.1. The van der Waals surface area contributed by atoms with Crippen molar-refractivity contribution in [3.8, 4) is 6.07 Å². The number of carbonyl (C=O) groups excluding carboxylic acids is 2. The number of morpholine rings is 1. The number of nitro groups is 1. The Bertz CT molecular complexity index is 1410. The Labute approximate surface area is 243 Å². The van der Waals surface area contributed by atoms with Crippen LogP contribution in [0.15, 0.2) is 59.7 Å². The van der Waals surface area contributed by atoms with Gasteiger partial charge in [-0.1, -0.05) is 0 Å². The maximum atomic E-state index is 12.9. The minimum atomic E-state index is -0.429. The summed E-state index contributed by atoms with van der Waals surface area (Å²) in [6.07, 6.45) is 5.27. The number of hydrogen-bond donors (Lipinski definition) is 1. The van der Waals surface area contributed by atoms with Crippen molar-refractivity contribution >= 4 is 29.4 Å². The van der Waals surface area contributed by atoms with Gasteiger partial charge in [-0.15, -0.1) is 0 Å². The molecule has 2 fully saturated rings. The maximum absolute atomic E-state index is 12.9. The quantitative estimate of drug-likeness (QED) is 0.368. The number of amides is 2. The van der Waals surface area contributed by atoms with Gasteiger partial charge in [0.2, 0.25) is 0 Å².